The third-order valence-electron chi connectivity index (χ3n) is 2.87. The van der Waals surface area contributed by atoms with Gasteiger partial charge in [-0.3, -0.25) is 0 Å². The van der Waals surface area contributed by atoms with Gasteiger partial charge in [-0.2, -0.15) is 10.1 Å². The number of benzene rings is 1. The van der Waals surface area contributed by atoms with Crippen LogP contribution in [-0.2, 0) is 0 Å². The second-order valence-electron chi connectivity index (χ2n) is 4.63. The van der Waals surface area contributed by atoms with Crippen LogP contribution in [0.25, 0.3) is 5.82 Å². The van der Waals surface area contributed by atoms with Crippen LogP contribution in [-0.4, -0.2) is 19.7 Å². The van der Waals surface area contributed by atoms with Crippen molar-refractivity contribution in [2.24, 2.45) is 0 Å². The summed E-state index contributed by atoms with van der Waals surface area (Å²) in [5.41, 5.74) is 3.12. The Kier molecular flexibility index (Phi) is 3.16. The zero-order valence-electron chi connectivity index (χ0n) is 11.4. The second kappa shape index (κ2) is 5.13. The number of aromatic nitrogens is 4. The summed E-state index contributed by atoms with van der Waals surface area (Å²) in [4.78, 5) is 8.69. The zero-order valence-corrected chi connectivity index (χ0v) is 11.4. The van der Waals surface area contributed by atoms with Crippen LogP contribution >= 0.6 is 0 Å². The van der Waals surface area contributed by atoms with Gasteiger partial charge in [0, 0.05) is 24.1 Å². The molecule has 0 saturated carbocycles. The zero-order chi connectivity index (χ0) is 13.9. The van der Waals surface area contributed by atoms with E-state index in [9.17, 15) is 0 Å². The normalized spacial score (nSPS) is 10.5. The van der Waals surface area contributed by atoms with Crippen molar-refractivity contribution in [3.63, 3.8) is 0 Å². The molecule has 0 atom stereocenters. The largest absolute Gasteiger partial charge is 0.324 e. The number of hydrogen-bond acceptors (Lipinski definition) is 4. The van der Waals surface area contributed by atoms with Gasteiger partial charge in [0.1, 0.15) is 0 Å². The molecule has 2 heterocycles. The summed E-state index contributed by atoms with van der Waals surface area (Å²) in [6, 6.07) is 11.9. The summed E-state index contributed by atoms with van der Waals surface area (Å²) in [7, 11) is 0. The SMILES string of the molecule is Cc1cccc(Nc2nccc(-n3ccc(C)n3)n2)c1. The molecule has 100 valence electrons. The first kappa shape index (κ1) is 12.3. The summed E-state index contributed by atoms with van der Waals surface area (Å²) in [6.07, 6.45) is 3.60. The van der Waals surface area contributed by atoms with Crippen molar-refractivity contribution in [3.8, 4) is 5.82 Å². The molecule has 0 saturated heterocycles. The molecule has 0 aliphatic rings. The van der Waals surface area contributed by atoms with Crippen LogP contribution in [0.4, 0.5) is 11.6 Å². The Morgan fingerprint density at radius 3 is 2.75 bits per heavy atom. The minimum absolute atomic E-state index is 0.557. The van der Waals surface area contributed by atoms with E-state index in [-0.39, 0.29) is 0 Å². The molecular weight excluding hydrogens is 250 g/mol. The smallest absolute Gasteiger partial charge is 0.229 e. The van der Waals surface area contributed by atoms with Gasteiger partial charge in [0.2, 0.25) is 5.95 Å². The highest BCUT2D eigenvalue weighted by molar-refractivity contribution is 5.54. The summed E-state index contributed by atoms with van der Waals surface area (Å²) in [6.45, 7) is 4.00. The molecule has 0 amide bonds. The molecule has 3 aromatic rings. The number of nitrogens with one attached hydrogen (secondary N) is 1. The van der Waals surface area contributed by atoms with Crippen molar-refractivity contribution in [1.29, 1.82) is 0 Å². The van der Waals surface area contributed by atoms with Gasteiger partial charge in [-0.05, 0) is 37.6 Å². The Morgan fingerprint density at radius 1 is 1.10 bits per heavy atom. The minimum atomic E-state index is 0.557. The Morgan fingerprint density at radius 2 is 2.00 bits per heavy atom. The number of anilines is 2. The van der Waals surface area contributed by atoms with E-state index in [2.05, 4.69) is 33.4 Å². The molecule has 3 rings (SSSR count). The van der Waals surface area contributed by atoms with Crippen molar-refractivity contribution < 1.29 is 0 Å². The Hall–Kier alpha value is -2.69. The monoisotopic (exact) mass is 265 g/mol. The standard InChI is InChI=1S/C15H15N5/c1-11-4-3-5-13(10-11)17-15-16-8-6-14(18-15)20-9-7-12(2)19-20/h3-10H,1-2H3,(H,16,17,18). The molecule has 20 heavy (non-hydrogen) atoms. The maximum absolute atomic E-state index is 4.46. The molecule has 0 aliphatic heterocycles. The summed E-state index contributed by atoms with van der Waals surface area (Å²) >= 11 is 0. The maximum atomic E-state index is 4.46. The summed E-state index contributed by atoms with van der Waals surface area (Å²) in [5.74, 6) is 1.30. The van der Waals surface area contributed by atoms with Crippen LogP contribution in [0.5, 0.6) is 0 Å². The first-order valence-corrected chi connectivity index (χ1v) is 6.40. The molecule has 0 fully saturated rings. The predicted octanol–water partition coefficient (Wildman–Crippen LogP) is 3.02. The number of nitrogens with zero attached hydrogens (tertiary/aromatic N) is 4. The number of rotatable bonds is 3. The van der Waals surface area contributed by atoms with Gasteiger partial charge in [0.15, 0.2) is 5.82 Å². The van der Waals surface area contributed by atoms with Crippen molar-refractivity contribution in [2.75, 3.05) is 5.32 Å². The third-order valence-corrected chi connectivity index (χ3v) is 2.87. The van der Waals surface area contributed by atoms with Crippen molar-refractivity contribution in [3.05, 3.63) is 60.0 Å². The van der Waals surface area contributed by atoms with E-state index >= 15 is 0 Å². The lowest BCUT2D eigenvalue weighted by molar-refractivity contribution is 0.828. The third kappa shape index (κ3) is 2.66. The van der Waals surface area contributed by atoms with Crippen LogP contribution in [0.1, 0.15) is 11.3 Å². The Bertz CT molecular complexity index is 732. The molecular formula is C15H15N5. The van der Waals surface area contributed by atoms with Crippen LogP contribution in [0.2, 0.25) is 0 Å². The highest BCUT2D eigenvalue weighted by atomic mass is 15.3. The average Bonchev–Trinajstić information content (AvgIpc) is 2.86. The van der Waals surface area contributed by atoms with E-state index in [0.29, 0.717) is 5.95 Å². The Balaban J connectivity index is 1.88. The summed E-state index contributed by atoms with van der Waals surface area (Å²) < 4.78 is 1.73. The summed E-state index contributed by atoms with van der Waals surface area (Å²) in [5, 5.41) is 7.54. The highest BCUT2D eigenvalue weighted by Gasteiger charge is 2.03. The van der Waals surface area contributed by atoms with Gasteiger partial charge in [-0.1, -0.05) is 12.1 Å². The lowest BCUT2D eigenvalue weighted by Crippen LogP contribution is -2.03. The Labute approximate surface area is 117 Å². The van der Waals surface area contributed by atoms with E-state index in [4.69, 9.17) is 0 Å². The van der Waals surface area contributed by atoms with Gasteiger partial charge in [0.05, 0.1) is 5.69 Å². The van der Waals surface area contributed by atoms with Crippen molar-refractivity contribution in [2.45, 2.75) is 13.8 Å². The molecule has 0 aliphatic carbocycles. The molecule has 1 N–H and O–H groups in total. The molecule has 0 unspecified atom stereocenters. The molecule has 5 nitrogen and oxygen atoms in total. The van der Waals surface area contributed by atoms with Crippen LogP contribution in [0.15, 0.2) is 48.8 Å². The molecule has 0 spiro atoms. The van der Waals surface area contributed by atoms with Crippen molar-refractivity contribution >= 4 is 11.6 Å². The first-order chi connectivity index (χ1) is 9.70. The van der Waals surface area contributed by atoms with E-state index in [1.165, 1.54) is 5.56 Å². The van der Waals surface area contributed by atoms with E-state index in [1.54, 1.807) is 10.9 Å². The quantitative estimate of drug-likeness (QED) is 0.791. The van der Waals surface area contributed by atoms with Gasteiger partial charge in [0.25, 0.3) is 0 Å². The van der Waals surface area contributed by atoms with Gasteiger partial charge >= 0.3 is 0 Å². The van der Waals surface area contributed by atoms with Gasteiger partial charge in [-0.25, -0.2) is 9.67 Å². The van der Waals surface area contributed by atoms with E-state index in [0.717, 1.165) is 17.2 Å². The van der Waals surface area contributed by atoms with Crippen LogP contribution < -0.4 is 5.32 Å². The second-order valence-corrected chi connectivity index (χ2v) is 4.63. The predicted molar refractivity (Wildman–Crippen MR) is 78.4 cm³/mol. The number of hydrogen-bond donors (Lipinski definition) is 1. The van der Waals surface area contributed by atoms with Crippen LogP contribution in [0.3, 0.4) is 0 Å². The number of aryl methyl sites for hydroxylation is 2. The first-order valence-electron chi connectivity index (χ1n) is 6.40. The van der Waals surface area contributed by atoms with E-state index in [1.807, 2.05) is 43.5 Å². The lowest BCUT2D eigenvalue weighted by Gasteiger charge is -2.07. The van der Waals surface area contributed by atoms with Crippen molar-refractivity contribution in [1.82, 2.24) is 19.7 Å². The molecule has 1 aromatic carbocycles. The molecule has 0 radical (unpaired) electrons. The van der Waals surface area contributed by atoms with E-state index < -0.39 is 0 Å². The average molecular weight is 265 g/mol. The van der Waals surface area contributed by atoms with Gasteiger partial charge in [-0.15, -0.1) is 0 Å². The molecule has 0 bridgehead atoms. The topological polar surface area (TPSA) is 55.6 Å². The molecule has 2 aromatic heterocycles. The fourth-order valence-corrected chi connectivity index (χ4v) is 1.93. The van der Waals surface area contributed by atoms with Crippen LogP contribution in [0, 0.1) is 13.8 Å². The molecule has 5 heteroatoms. The fourth-order valence-electron chi connectivity index (χ4n) is 1.93. The maximum Gasteiger partial charge on any atom is 0.229 e. The highest BCUT2D eigenvalue weighted by Crippen LogP contribution is 2.15. The lowest BCUT2D eigenvalue weighted by atomic mass is 10.2. The minimum Gasteiger partial charge on any atom is -0.324 e. The fraction of sp³-hybridized carbons (Fsp3) is 0.133. The van der Waals surface area contributed by atoms with Gasteiger partial charge < -0.3 is 5.32 Å².